The molecule has 19 heavy (non-hydrogen) atoms. The number of unbranched alkanes of at least 4 members (excludes halogenated alkanes) is 1. The molecule has 3 unspecified atom stereocenters. The van der Waals surface area contributed by atoms with Crippen LogP contribution in [-0.4, -0.2) is 46.5 Å². The van der Waals surface area contributed by atoms with Gasteiger partial charge in [0.1, 0.15) is 5.54 Å². The number of nitrogens with zero attached hydrogens (tertiary/aromatic N) is 3. The minimum absolute atomic E-state index is 0.113. The molecule has 0 aromatic rings. The molecule has 0 bridgehead atoms. The third-order valence-electron chi connectivity index (χ3n) is 3.73. The SMILES string of the molecule is C=CC1[C@H](O)C(COCCCC)C1(N=[N+]=[N-])C(O)O. The van der Waals surface area contributed by atoms with Gasteiger partial charge in [0.2, 0.25) is 0 Å². The quantitative estimate of drug-likeness (QED) is 0.152. The Bertz CT molecular complexity index is 357. The molecule has 3 N–H and O–H groups in total. The minimum atomic E-state index is -1.87. The van der Waals surface area contributed by atoms with Crippen molar-refractivity contribution in [2.45, 2.75) is 37.7 Å². The van der Waals surface area contributed by atoms with E-state index in [4.69, 9.17) is 10.3 Å². The lowest BCUT2D eigenvalue weighted by Crippen LogP contribution is -2.70. The van der Waals surface area contributed by atoms with Crippen molar-refractivity contribution in [3.8, 4) is 0 Å². The lowest BCUT2D eigenvalue weighted by atomic mass is 9.56. The van der Waals surface area contributed by atoms with Gasteiger partial charge in [-0.3, -0.25) is 0 Å². The molecular weight excluding hydrogens is 250 g/mol. The van der Waals surface area contributed by atoms with Crippen LogP contribution < -0.4 is 0 Å². The molecule has 0 heterocycles. The van der Waals surface area contributed by atoms with Crippen molar-refractivity contribution in [1.29, 1.82) is 0 Å². The summed E-state index contributed by atoms with van der Waals surface area (Å²) in [7, 11) is 0. The third-order valence-corrected chi connectivity index (χ3v) is 3.73. The Balaban J connectivity index is 2.82. The average molecular weight is 271 g/mol. The molecule has 0 radical (unpaired) electrons. The zero-order valence-electron chi connectivity index (χ0n) is 11.0. The molecule has 0 saturated heterocycles. The van der Waals surface area contributed by atoms with Crippen LogP contribution in [0.25, 0.3) is 10.4 Å². The smallest absolute Gasteiger partial charge is 0.163 e. The van der Waals surface area contributed by atoms with E-state index >= 15 is 0 Å². The standard InChI is InChI=1S/C12H21N3O4/c1-3-5-6-19-7-9-10(16)8(4-2)12(9,11(17)18)14-15-13/h4,8-11,16-18H,2-3,5-7H2,1H3/t8?,9?,10-,12?/m0/s1. The van der Waals surface area contributed by atoms with Gasteiger partial charge in [0.25, 0.3) is 0 Å². The molecule has 1 aliphatic rings. The molecule has 7 nitrogen and oxygen atoms in total. The van der Waals surface area contributed by atoms with Crippen molar-refractivity contribution in [2.24, 2.45) is 17.0 Å². The van der Waals surface area contributed by atoms with Crippen LogP contribution >= 0.6 is 0 Å². The first-order chi connectivity index (χ1) is 9.06. The van der Waals surface area contributed by atoms with E-state index in [9.17, 15) is 15.3 Å². The van der Waals surface area contributed by atoms with Crippen LogP contribution in [0.4, 0.5) is 0 Å². The fourth-order valence-corrected chi connectivity index (χ4v) is 2.58. The molecule has 0 aromatic heterocycles. The minimum Gasteiger partial charge on any atom is -0.392 e. The molecule has 1 aliphatic carbocycles. The summed E-state index contributed by atoms with van der Waals surface area (Å²) in [5, 5.41) is 32.5. The second-order valence-corrected chi connectivity index (χ2v) is 4.74. The van der Waals surface area contributed by atoms with Gasteiger partial charge in [0.15, 0.2) is 6.29 Å². The third kappa shape index (κ3) is 2.75. The molecular formula is C12H21N3O4. The largest absolute Gasteiger partial charge is 0.392 e. The predicted octanol–water partition coefficient (Wildman–Crippen LogP) is 0.956. The summed E-state index contributed by atoms with van der Waals surface area (Å²) in [5.41, 5.74) is 7.12. The molecule has 0 aromatic carbocycles. The highest BCUT2D eigenvalue weighted by Crippen LogP contribution is 2.50. The zero-order valence-corrected chi connectivity index (χ0v) is 11.0. The first-order valence-corrected chi connectivity index (χ1v) is 6.37. The molecule has 4 atom stereocenters. The van der Waals surface area contributed by atoms with E-state index in [2.05, 4.69) is 16.6 Å². The number of rotatable bonds is 8. The Morgan fingerprint density at radius 3 is 2.74 bits per heavy atom. The van der Waals surface area contributed by atoms with E-state index < -0.39 is 29.8 Å². The van der Waals surface area contributed by atoms with E-state index in [0.717, 1.165) is 12.8 Å². The van der Waals surface area contributed by atoms with Gasteiger partial charge in [0, 0.05) is 23.4 Å². The van der Waals surface area contributed by atoms with E-state index in [-0.39, 0.29) is 6.61 Å². The van der Waals surface area contributed by atoms with Gasteiger partial charge in [-0.05, 0) is 12.0 Å². The molecule has 7 heteroatoms. The molecule has 1 rings (SSSR count). The van der Waals surface area contributed by atoms with Crippen molar-refractivity contribution in [3.05, 3.63) is 23.1 Å². The van der Waals surface area contributed by atoms with Crippen LogP contribution in [0, 0.1) is 11.8 Å². The lowest BCUT2D eigenvalue weighted by Gasteiger charge is -2.56. The predicted molar refractivity (Wildman–Crippen MR) is 69.0 cm³/mol. The van der Waals surface area contributed by atoms with Gasteiger partial charge in [-0.25, -0.2) is 0 Å². The highest BCUT2D eigenvalue weighted by molar-refractivity contribution is 5.21. The van der Waals surface area contributed by atoms with Crippen LogP contribution in [0.3, 0.4) is 0 Å². The number of azide groups is 1. The monoisotopic (exact) mass is 271 g/mol. The summed E-state index contributed by atoms with van der Waals surface area (Å²) in [6.07, 6.45) is 0.513. The van der Waals surface area contributed by atoms with Gasteiger partial charge in [0.05, 0.1) is 12.7 Å². The molecule has 1 saturated carbocycles. The van der Waals surface area contributed by atoms with E-state index in [0.29, 0.717) is 6.61 Å². The van der Waals surface area contributed by atoms with Crippen molar-refractivity contribution < 1.29 is 20.1 Å². The Morgan fingerprint density at radius 1 is 1.58 bits per heavy atom. The van der Waals surface area contributed by atoms with Gasteiger partial charge in [-0.2, -0.15) is 0 Å². The van der Waals surface area contributed by atoms with Crippen molar-refractivity contribution >= 4 is 0 Å². The Hall–Kier alpha value is -1.11. The number of aliphatic hydroxyl groups is 3. The summed E-state index contributed by atoms with van der Waals surface area (Å²) < 4.78 is 5.39. The summed E-state index contributed by atoms with van der Waals surface area (Å²) in [5.74, 6) is -1.34. The number of hydrogen-bond acceptors (Lipinski definition) is 5. The number of hydrogen-bond donors (Lipinski definition) is 3. The van der Waals surface area contributed by atoms with E-state index in [1.807, 2.05) is 6.92 Å². The molecule has 0 amide bonds. The summed E-state index contributed by atoms with van der Waals surface area (Å²) in [6.45, 7) is 6.19. The van der Waals surface area contributed by atoms with Gasteiger partial charge >= 0.3 is 0 Å². The lowest BCUT2D eigenvalue weighted by molar-refractivity contribution is -0.223. The van der Waals surface area contributed by atoms with Gasteiger partial charge in [-0.15, -0.1) is 6.58 Å². The fraction of sp³-hybridized carbons (Fsp3) is 0.833. The van der Waals surface area contributed by atoms with E-state index in [1.54, 1.807) is 0 Å². The number of ether oxygens (including phenoxy) is 1. The van der Waals surface area contributed by atoms with Gasteiger partial charge in [-0.1, -0.05) is 24.5 Å². The van der Waals surface area contributed by atoms with Crippen molar-refractivity contribution in [1.82, 2.24) is 0 Å². The number of aliphatic hydroxyl groups excluding tert-OH is 2. The van der Waals surface area contributed by atoms with Crippen molar-refractivity contribution in [2.75, 3.05) is 13.2 Å². The summed E-state index contributed by atoms with van der Waals surface area (Å²) >= 11 is 0. The Labute approximate surface area is 112 Å². The highest BCUT2D eigenvalue weighted by atomic mass is 16.5. The molecule has 0 spiro atoms. The average Bonchev–Trinajstić information content (AvgIpc) is 2.37. The summed E-state index contributed by atoms with van der Waals surface area (Å²) in [6, 6.07) is 0. The van der Waals surface area contributed by atoms with E-state index in [1.165, 1.54) is 6.08 Å². The topological polar surface area (TPSA) is 119 Å². The molecule has 108 valence electrons. The second-order valence-electron chi connectivity index (χ2n) is 4.74. The second kappa shape index (κ2) is 6.88. The maximum Gasteiger partial charge on any atom is 0.163 e. The first-order valence-electron chi connectivity index (χ1n) is 6.37. The summed E-state index contributed by atoms with van der Waals surface area (Å²) in [4.78, 5) is 2.67. The van der Waals surface area contributed by atoms with Crippen LogP contribution in [0.2, 0.25) is 0 Å². The first kappa shape index (κ1) is 15.9. The van der Waals surface area contributed by atoms with Crippen LogP contribution in [0.15, 0.2) is 17.8 Å². The Kier molecular flexibility index (Phi) is 5.78. The Morgan fingerprint density at radius 2 is 2.26 bits per heavy atom. The van der Waals surface area contributed by atoms with Crippen LogP contribution in [0.1, 0.15) is 19.8 Å². The van der Waals surface area contributed by atoms with Crippen molar-refractivity contribution in [3.63, 3.8) is 0 Å². The highest BCUT2D eigenvalue weighted by Gasteiger charge is 2.64. The van der Waals surface area contributed by atoms with Gasteiger partial charge < -0.3 is 20.1 Å². The zero-order chi connectivity index (χ0) is 14.5. The van der Waals surface area contributed by atoms with Crippen LogP contribution in [0.5, 0.6) is 0 Å². The van der Waals surface area contributed by atoms with Crippen LogP contribution in [-0.2, 0) is 4.74 Å². The fourth-order valence-electron chi connectivity index (χ4n) is 2.58. The maximum atomic E-state index is 9.98. The molecule has 1 fully saturated rings. The molecule has 0 aliphatic heterocycles. The maximum absolute atomic E-state index is 9.98. The normalized spacial score (nSPS) is 33.6.